The van der Waals surface area contributed by atoms with Gasteiger partial charge >= 0.3 is 0 Å². The summed E-state index contributed by atoms with van der Waals surface area (Å²) in [6.07, 6.45) is 1.13. The molecule has 0 aromatic heterocycles. The average molecular weight is 334 g/mol. The van der Waals surface area contributed by atoms with E-state index in [9.17, 15) is 0 Å². The first-order valence-corrected chi connectivity index (χ1v) is 7.42. The molecule has 0 amide bonds. The highest BCUT2D eigenvalue weighted by Gasteiger charge is 2.12. The topological polar surface area (TPSA) is 0 Å². The Balaban J connectivity index is 2.97. The Morgan fingerprint density at radius 3 is 1.60 bits per heavy atom. The minimum absolute atomic E-state index is 0.356. The van der Waals surface area contributed by atoms with Gasteiger partial charge in [-0.1, -0.05) is 70.8 Å². The molecule has 0 fully saturated rings. The first-order valence-electron chi connectivity index (χ1n) is 5.18. The first-order chi connectivity index (χ1) is 6.94. The Morgan fingerprint density at radius 1 is 0.867 bits per heavy atom. The quantitative estimate of drug-likeness (QED) is 0.678. The van der Waals surface area contributed by atoms with Crippen molar-refractivity contribution < 1.29 is 0 Å². The molecule has 0 unspecified atom stereocenters. The molecule has 0 saturated heterocycles. The maximum atomic E-state index is 3.52. The van der Waals surface area contributed by atoms with Gasteiger partial charge in [-0.05, 0) is 28.5 Å². The van der Waals surface area contributed by atoms with E-state index in [1.807, 2.05) is 0 Å². The van der Waals surface area contributed by atoms with Crippen LogP contribution in [-0.4, -0.2) is 0 Å². The molecule has 0 nitrogen and oxygen atoms in total. The summed E-state index contributed by atoms with van der Waals surface area (Å²) < 4.78 is 0. The van der Waals surface area contributed by atoms with Gasteiger partial charge in [-0.3, -0.25) is 0 Å². The highest BCUT2D eigenvalue weighted by Crippen LogP contribution is 2.23. The summed E-state index contributed by atoms with van der Waals surface area (Å²) in [5, 5.41) is 1.87. The third kappa shape index (κ3) is 4.69. The third-order valence-electron chi connectivity index (χ3n) is 2.16. The Bertz CT molecular complexity index is 302. The highest BCUT2D eigenvalue weighted by atomic mass is 79.9. The molecule has 0 spiro atoms. The number of hydrogen-bond donors (Lipinski definition) is 0. The van der Waals surface area contributed by atoms with Crippen LogP contribution in [0.4, 0.5) is 0 Å². The van der Waals surface area contributed by atoms with Crippen molar-refractivity contribution in [3.05, 3.63) is 34.9 Å². The molecule has 15 heavy (non-hydrogen) atoms. The zero-order valence-electron chi connectivity index (χ0n) is 9.61. The fourth-order valence-corrected chi connectivity index (χ4v) is 2.36. The summed E-state index contributed by atoms with van der Waals surface area (Å²) in [5.74, 6) is 0. The first kappa shape index (κ1) is 13.2. The van der Waals surface area contributed by atoms with E-state index in [-0.39, 0.29) is 0 Å². The smallest absolute Gasteiger partial charge is 0.0283 e. The molecule has 0 bridgehead atoms. The van der Waals surface area contributed by atoms with Gasteiger partial charge in [0.05, 0.1) is 0 Å². The fraction of sp³-hybridized carbons (Fsp3) is 0.538. The molecule has 0 radical (unpaired) electrons. The van der Waals surface area contributed by atoms with Crippen molar-refractivity contribution >= 4 is 31.9 Å². The largest absolute Gasteiger partial charge is 0.0876 e. The summed E-state index contributed by atoms with van der Waals surface area (Å²) in [5.41, 5.74) is 4.53. The number of hydrogen-bond acceptors (Lipinski definition) is 0. The summed E-state index contributed by atoms with van der Waals surface area (Å²) in [4.78, 5) is 0. The van der Waals surface area contributed by atoms with Crippen LogP contribution in [0.15, 0.2) is 18.2 Å². The molecular formula is C13H18Br2. The van der Waals surface area contributed by atoms with Crippen LogP contribution in [0.2, 0.25) is 0 Å². The van der Waals surface area contributed by atoms with Crippen LogP contribution in [-0.2, 0) is 17.1 Å². The monoisotopic (exact) mass is 332 g/mol. The van der Waals surface area contributed by atoms with E-state index < -0.39 is 0 Å². The summed E-state index contributed by atoms with van der Waals surface area (Å²) in [6.45, 7) is 6.84. The Hall–Kier alpha value is 0.180. The van der Waals surface area contributed by atoms with Crippen LogP contribution in [0.25, 0.3) is 0 Å². The SMILES string of the molecule is CC(C)(C)Cc1cc(CBr)cc(CBr)c1. The molecule has 0 heterocycles. The van der Waals surface area contributed by atoms with Gasteiger partial charge in [0.25, 0.3) is 0 Å². The number of alkyl halides is 2. The summed E-state index contributed by atoms with van der Waals surface area (Å²) >= 11 is 7.04. The molecule has 2 heteroatoms. The van der Waals surface area contributed by atoms with E-state index >= 15 is 0 Å². The lowest BCUT2D eigenvalue weighted by Crippen LogP contribution is -2.09. The summed E-state index contributed by atoms with van der Waals surface area (Å²) in [7, 11) is 0. The van der Waals surface area contributed by atoms with Gasteiger partial charge in [0.15, 0.2) is 0 Å². The second-order valence-corrected chi connectivity index (χ2v) is 6.28. The predicted molar refractivity (Wildman–Crippen MR) is 74.9 cm³/mol. The van der Waals surface area contributed by atoms with E-state index in [0.29, 0.717) is 5.41 Å². The molecule has 0 aliphatic heterocycles. The third-order valence-corrected chi connectivity index (χ3v) is 3.45. The normalized spacial score (nSPS) is 11.8. The number of halogens is 2. The van der Waals surface area contributed by atoms with Crippen molar-refractivity contribution in [2.75, 3.05) is 0 Å². The average Bonchev–Trinajstić information content (AvgIpc) is 2.14. The molecule has 1 aromatic carbocycles. The van der Waals surface area contributed by atoms with Crippen molar-refractivity contribution in [2.24, 2.45) is 5.41 Å². The highest BCUT2D eigenvalue weighted by molar-refractivity contribution is 9.08. The van der Waals surface area contributed by atoms with Crippen molar-refractivity contribution in [2.45, 2.75) is 37.9 Å². The van der Waals surface area contributed by atoms with Crippen LogP contribution in [0.5, 0.6) is 0 Å². The minimum atomic E-state index is 0.356. The predicted octanol–water partition coefficient (Wildman–Crippen LogP) is 5.07. The lowest BCUT2D eigenvalue weighted by atomic mass is 9.87. The fourth-order valence-electron chi connectivity index (χ4n) is 1.71. The number of benzene rings is 1. The second-order valence-electron chi connectivity index (χ2n) is 5.16. The van der Waals surface area contributed by atoms with Crippen molar-refractivity contribution in [1.29, 1.82) is 0 Å². The van der Waals surface area contributed by atoms with Crippen LogP contribution in [0, 0.1) is 5.41 Å². The van der Waals surface area contributed by atoms with Gasteiger partial charge < -0.3 is 0 Å². The van der Waals surface area contributed by atoms with E-state index in [4.69, 9.17) is 0 Å². The second kappa shape index (κ2) is 5.49. The minimum Gasteiger partial charge on any atom is -0.0876 e. The maximum absolute atomic E-state index is 3.52. The van der Waals surface area contributed by atoms with Gasteiger partial charge in [-0.15, -0.1) is 0 Å². The molecule has 1 rings (SSSR count). The number of rotatable bonds is 3. The van der Waals surface area contributed by atoms with Gasteiger partial charge in [0.2, 0.25) is 0 Å². The molecule has 0 aliphatic carbocycles. The molecule has 1 aromatic rings. The molecule has 0 N–H and O–H groups in total. The van der Waals surface area contributed by atoms with Crippen LogP contribution >= 0.6 is 31.9 Å². The van der Waals surface area contributed by atoms with E-state index in [2.05, 4.69) is 70.8 Å². The van der Waals surface area contributed by atoms with Crippen LogP contribution in [0.3, 0.4) is 0 Å². The van der Waals surface area contributed by atoms with E-state index in [1.165, 1.54) is 16.7 Å². The van der Waals surface area contributed by atoms with Crippen LogP contribution in [0.1, 0.15) is 37.5 Å². The molecule has 0 atom stereocenters. The summed E-state index contributed by atoms with van der Waals surface area (Å²) in [6, 6.07) is 6.84. The molecular weight excluding hydrogens is 316 g/mol. The van der Waals surface area contributed by atoms with Gasteiger partial charge in [-0.2, -0.15) is 0 Å². The zero-order valence-corrected chi connectivity index (χ0v) is 12.8. The molecule has 0 aliphatic rings. The standard InChI is InChI=1S/C13H18Br2/c1-13(2,3)7-10-4-11(8-14)6-12(5-10)9-15/h4-6H,7-9H2,1-3H3. The van der Waals surface area contributed by atoms with Crippen LogP contribution < -0.4 is 0 Å². The van der Waals surface area contributed by atoms with E-state index in [0.717, 1.165) is 17.1 Å². The lowest BCUT2D eigenvalue weighted by Gasteiger charge is -2.19. The van der Waals surface area contributed by atoms with Gasteiger partial charge in [-0.25, -0.2) is 0 Å². The molecule has 84 valence electrons. The van der Waals surface area contributed by atoms with Crippen molar-refractivity contribution in [3.63, 3.8) is 0 Å². The zero-order chi connectivity index (χ0) is 11.5. The lowest BCUT2D eigenvalue weighted by molar-refractivity contribution is 0.411. The van der Waals surface area contributed by atoms with E-state index in [1.54, 1.807) is 0 Å². The Labute approximate surface area is 110 Å². The maximum Gasteiger partial charge on any atom is 0.0283 e. The van der Waals surface area contributed by atoms with Crippen molar-refractivity contribution in [1.82, 2.24) is 0 Å². The van der Waals surface area contributed by atoms with Gasteiger partial charge in [0.1, 0.15) is 0 Å². The molecule has 0 saturated carbocycles. The van der Waals surface area contributed by atoms with Crippen molar-refractivity contribution in [3.8, 4) is 0 Å². The van der Waals surface area contributed by atoms with Gasteiger partial charge in [0, 0.05) is 10.7 Å². The Kier molecular flexibility index (Phi) is 4.85. The Morgan fingerprint density at radius 2 is 1.27 bits per heavy atom.